The molecule has 0 fully saturated rings. The van der Waals surface area contributed by atoms with Crippen LogP contribution in [0.1, 0.15) is 33.1 Å². The fourth-order valence-electron chi connectivity index (χ4n) is 0.850. The third kappa shape index (κ3) is 7.76. The molecule has 0 saturated heterocycles. The van der Waals surface area contributed by atoms with E-state index in [1.807, 2.05) is 0 Å². The number of aliphatic hydroxyl groups is 2. The summed E-state index contributed by atoms with van der Waals surface area (Å²) in [5.41, 5.74) is 0.374. The van der Waals surface area contributed by atoms with E-state index in [4.69, 9.17) is 14.9 Å². The lowest BCUT2D eigenvalue weighted by Crippen LogP contribution is -2.22. The van der Waals surface area contributed by atoms with Gasteiger partial charge in [-0.2, -0.15) is 0 Å². The number of hydrogen-bond donors (Lipinski definition) is 2. The molecule has 0 atom stereocenters. The first-order valence-electron chi connectivity index (χ1n) is 4.60. The molecule has 0 aliphatic carbocycles. The minimum Gasteiger partial charge on any atom is -0.462 e. The second-order valence-electron chi connectivity index (χ2n) is 3.59. The monoisotopic (exact) mass is 202 g/mol. The fraction of sp³-hybridized carbons (Fsp3) is 0.700. The third-order valence-electron chi connectivity index (χ3n) is 1.63. The predicted molar refractivity (Wildman–Crippen MR) is 52.5 cm³/mol. The number of ether oxygens (including phenoxy) is 1. The van der Waals surface area contributed by atoms with Crippen molar-refractivity contribution in [2.24, 2.45) is 0 Å². The first-order chi connectivity index (χ1) is 6.33. The van der Waals surface area contributed by atoms with Crippen LogP contribution in [-0.2, 0) is 9.53 Å². The Kier molecular flexibility index (Phi) is 5.42. The number of esters is 1. The Morgan fingerprint density at radius 1 is 1.43 bits per heavy atom. The number of hydrogen-bond acceptors (Lipinski definition) is 4. The molecule has 0 aliphatic heterocycles. The van der Waals surface area contributed by atoms with Gasteiger partial charge in [-0.15, -0.1) is 0 Å². The van der Waals surface area contributed by atoms with Crippen molar-refractivity contribution in [3.05, 3.63) is 12.2 Å². The zero-order chi connectivity index (χ0) is 11.2. The van der Waals surface area contributed by atoms with Crippen molar-refractivity contribution in [3.8, 4) is 0 Å². The summed E-state index contributed by atoms with van der Waals surface area (Å²) in [7, 11) is 0. The molecule has 14 heavy (non-hydrogen) atoms. The van der Waals surface area contributed by atoms with Gasteiger partial charge in [-0.05, 0) is 26.7 Å². The van der Waals surface area contributed by atoms with E-state index in [9.17, 15) is 4.79 Å². The topological polar surface area (TPSA) is 66.8 Å². The summed E-state index contributed by atoms with van der Waals surface area (Å²) in [6.45, 7) is 6.64. The normalized spacial score (nSPS) is 11.1. The molecule has 0 aromatic carbocycles. The van der Waals surface area contributed by atoms with Gasteiger partial charge in [0.25, 0.3) is 0 Å². The summed E-state index contributed by atoms with van der Waals surface area (Å²) in [6.07, 6.45) is 1.50. The van der Waals surface area contributed by atoms with E-state index in [1.165, 1.54) is 6.92 Å². The number of carbonyl (C=O) groups is 1. The van der Waals surface area contributed by atoms with Gasteiger partial charge in [0.05, 0.1) is 6.61 Å². The van der Waals surface area contributed by atoms with Crippen LogP contribution in [0.5, 0.6) is 0 Å². The van der Waals surface area contributed by atoms with Crippen LogP contribution in [0.15, 0.2) is 12.2 Å². The van der Waals surface area contributed by atoms with Gasteiger partial charge in [0, 0.05) is 12.0 Å². The Bertz CT molecular complexity index is 203. The second kappa shape index (κ2) is 5.78. The molecule has 4 nitrogen and oxygen atoms in total. The van der Waals surface area contributed by atoms with Gasteiger partial charge in [-0.1, -0.05) is 6.58 Å². The first kappa shape index (κ1) is 13.1. The van der Waals surface area contributed by atoms with Crippen LogP contribution in [-0.4, -0.2) is 28.6 Å². The minimum absolute atomic E-state index is 0.275. The Morgan fingerprint density at radius 2 is 2.00 bits per heavy atom. The predicted octanol–water partition coefficient (Wildman–Crippen LogP) is 0.977. The molecule has 0 aliphatic rings. The average molecular weight is 202 g/mol. The summed E-state index contributed by atoms with van der Waals surface area (Å²) in [6, 6.07) is 0. The van der Waals surface area contributed by atoms with Gasteiger partial charge >= 0.3 is 5.97 Å². The molecule has 0 saturated carbocycles. The first-order valence-corrected chi connectivity index (χ1v) is 4.60. The number of carbonyl (C=O) groups excluding carboxylic acids is 1. The van der Waals surface area contributed by atoms with Crippen LogP contribution in [0.25, 0.3) is 0 Å². The van der Waals surface area contributed by atoms with Gasteiger partial charge < -0.3 is 14.9 Å². The van der Waals surface area contributed by atoms with Gasteiger partial charge in [-0.3, -0.25) is 0 Å². The molecular formula is C10H18O4. The maximum atomic E-state index is 10.9. The highest BCUT2D eigenvalue weighted by Gasteiger charge is 2.13. The highest BCUT2D eigenvalue weighted by Crippen LogP contribution is 2.09. The Morgan fingerprint density at radius 3 is 2.43 bits per heavy atom. The van der Waals surface area contributed by atoms with E-state index in [0.717, 1.165) is 0 Å². The lowest BCUT2D eigenvalue weighted by molar-refractivity contribution is -0.151. The summed E-state index contributed by atoms with van der Waals surface area (Å²) in [5, 5.41) is 17.9. The summed E-state index contributed by atoms with van der Waals surface area (Å²) >= 11 is 0. The Balaban J connectivity index is 3.39. The van der Waals surface area contributed by atoms with Crippen LogP contribution in [0.2, 0.25) is 0 Å². The van der Waals surface area contributed by atoms with E-state index in [-0.39, 0.29) is 6.42 Å². The smallest absolute Gasteiger partial charge is 0.333 e. The van der Waals surface area contributed by atoms with Crippen molar-refractivity contribution in [2.75, 3.05) is 6.61 Å². The van der Waals surface area contributed by atoms with Gasteiger partial charge in [-0.25, -0.2) is 4.79 Å². The molecule has 0 rings (SSSR count). The molecule has 0 heterocycles. The lowest BCUT2D eigenvalue weighted by Gasteiger charge is -2.14. The molecule has 0 bridgehead atoms. The van der Waals surface area contributed by atoms with Crippen molar-refractivity contribution >= 4 is 5.97 Å². The quantitative estimate of drug-likeness (QED) is 0.291. The highest BCUT2D eigenvalue weighted by atomic mass is 16.5. The maximum Gasteiger partial charge on any atom is 0.333 e. The van der Waals surface area contributed by atoms with Crippen LogP contribution in [0.4, 0.5) is 0 Å². The van der Waals surface area contributed by atoms with Crippen molar-refractivity contribution < 1.29 is 19.7 Å². The molecule has 0 amide bonds. The van der Waals surface area contributed by atoms with E-state index in [1.54, 1.807) is 6.92 Å². The van der Waals surface area contributed by atoms with Gasteiger partial charge in [0.15, 0.2) is 5.79 Å². The van der Waals surface area contributed by atoms with Crippen LogP contribution in [0, 0.1) is 0 Å². The maximum absolute atomic E-state index is 10.9. The molecule has 0 aromatic rings. The third-order valence-corrected chi connectivity index (χ3v) is 1.63. The minimum atomic E-state index is -1.63. The molecule has 2 N–H and O–H groups in total. The number of unbranched alkanes of at least 4 members (excludes halogenated alkanes) is 1. The summed E-state index contributed by atoms with van der Waals surface area (Å²) < 4.78 is 4.82. The highest BCUT2D eigenvalue weighted by molar-refractivity contribution is 5.86. The number of rotatable bonds is 6. The van der Waals surface area contributed by atoms with Crippen LogP contribution in [0.3, 0.4) is 0 Å². The van der Waals surface area contributed by atoms with Crippen LogP contribution < -0.4 is 0 Å². The lowest BCUT2D eigenvalue weighted by atomic mass is 10.1. The van der Waals surface area contributed by atoms with Crippen LogP contribution >= 0.6 is 0 Å². The summed E-state index contributed by atoms with van der Waals surface area (Å²) in [4.78, 5) is 10.9. The molecule has 0 unspecified atom stereocenters. The Labute approximate surface area is 84.2 Å². The van der Waals surface area contributed by atoms with Crippen molar-refractivity contribution in [3.63, 3.8) is 0 Å². The zero-order valence-corrected chi connectivity index (χ0v) is 8.75. The average Bonchev–Trinajstić information content (AvgIpc) is 2.01. The van der Waals surface area contributed by atoms with Crippen molar-refractivity contribution in [1.82, 2.24) is 0 Å². The van der Waals surface area contributed by atoms with E-state index in [2.05, 4.69) is 6.58 Å². The van der Waals surface area contributed by atoms with E-state index < -0.39 is 11.8 Å². The largest absolute Gasteiger partial charge is 0.462 e. The standard InChI is InChI=1S/C10H18O4/c1-8(2)9(11)14-7-5-4-6-10(3,12)13/h12-13H,1,4-7H2,2-3H3. The SMILES string of the molecule is C=C(C)C(=O)OCCCCC(C)(O)O. The molecule has 0 spiro atoms. The molecular weight excluding hydrogens is 184 g/mol. The van der Waals surface area contributed by atoms with Crippen molar-refractivity contribution in [2.45, 2.75) is 38.9 Å². The molecule has 0 aromatic heterocycles. The van der Waals surface area contributed by atoms with E-state index in [0.29, 0.717) is 25.0 Å². The molecule has 82 valence electrons. The van der Waals surface area contributed by atoms with E-state index >= 15 is 0 Å². The van der Waals surface area contributed by atoms with Crippen molar-refractivity contribution in [1.29, 1.82) is 0 Å². The fourth-order valence-corrected chi connectivity index (χ4v) is 0.850. The van der Waals surface area contributed by atoms with Gasteiger partial charge in [0.2, 0.25) is 0 Å². The second-order valence-corrected chi connectivity index (χ2v) is 3.59. The molecule has 0 radical (unpaired) electrons. The Hall–Kier alpha value is -0.870. The molecule has 4 heteroatoms. The zero-order valence-electron chi connectivity index (χ0n) is 8.75. The summed E-state index contributed by atoms with van der Waals surface area (Å²) in [5.74, 6) is -2.03. The van der Waals surface area contributed by atoms with Gasteiger partial charge in [0.1, 0.15) is 0 Å².